The highest BCUT2D eigenvalue weighted by Gasteiger charge is 2.61. The molecule has 5 bridgehead atoms. The number of sulfonamides is 1. The van der Waals surface area contributed by atoms with Crippen LogP contribution in [0.25, 0.3) is 16.8 Å². The molecule has 3 aliphatic heterocycles. The third-order valence-electron chi connectivity index (χ3n) is 11.8. The SMILES string of the molecule is COc1cc2ccnc3c2cc1/C=C/CC[C@@H](C)COC(=O)C[C@H]1CCCCC/C=C\[C@@H]2C[C@@]2(C(=O)NS(=O)(=O)C2CC2)CC(=O)[C@@H]2C[C@H](CN2C1=O)O3. The Kier molecular flexibility index (Phi) is 11.2. The van der Waals surface area contributed by atoms with Crippen LogP contribution >= 0.6 is 0 Å². The molecule has 3 fully saturated rings. The number of hydrogen-bond acceptors (Lipinski definition) is 10. The molecule has 12 nitrogen and oxygen atoms in total. The van der Waals surface area contributed by atoms with Crippen LogP contribution in [0, 0.1) is 23.2 Å². The van der Waals surface area contributed by atoms with Crippen LogP contribution in [0.15, 0.2) is 42.6 Å². The lowest BCUT2D eigenvalue weighted by Crippen LogP contribution is -2.46. The van der Waals surface area contributed by atoms with Gasteiger partial charge in [-0.05, 0) is 86.8 Å². The summed E-state index contributed by atoms with van der Waals surface area (Å²) in [5.41, 5.74) is -0.388. The van der Waals surface area contributed by atoms with Gasteiger partial charge < -0.3 is 19.1 Å². The molecule has 7 rings (SSSR count). The molecule has 1 aromatic carbocycles. The first kappa shape index (κ1) is 38.0. The summed E-state index contributed by atoms with van der Waals surface area (Å²) >= 11 is 0. The van der Waals surface area contributed by atoms with Crippen LogP contribution in [0.3, 0.4) is 0 Å². The lowest BCUT2D eigenvalue weighted by Gasteiger charge is -2.29. The molecule has 0 spiro atoms. The zero-order valence-corrected chi connectivity index (χ0v) is 32.0. The van der Waals surface area contributed by atoms with E-state index in [1.54, 1.807) is 13.3 Å². The maximum Gasteiger partial charge on any atom is 0.306 e. The average Bonchev–Trinajstić information content (AvgIpc) is 4.07. The van der Waals surface area contributed by atoms with E-state index in [9.17, 15) is 27.6 Å². The summed E-state index contributed by atoms with van der Waals surface area (Å²) in [6.45, 7) is 2.34. The highest BCUT2D eigenvalue weighted by Crippen LogP contribution is 2.57. The number of ether oxygens (including phenoxy) is 3. The van der Waals surface area contributed by atoms with Crippen LogP contribution in [-0.4, -0.2) is 79.5 Å². The van der Waals surface area contributed by atoms with Crippen molar-refractivity contribution in [3.8, 4) is 11.6 Å². The fourth-order valence-electron chi connectivity index (χ4n) is 8.24. The van der Waals surface area contributed by atoms with Crippen molar-refractivity contribution in [1.29, 1.82) is 0 Å². The molecule has 4 heterocycles. The van der Waals surface area contributed by atoms with Crippen molar-refractivity contribution in [3.63, 3.8) is 0 Å². The van der Waals surface area contributed by atoms with Gasteiger partial charge in [0, 0.05) is 35.9 Å². The van der Waals surface area contributed by atoms with Crippen molar-refractivity contribution in [2.24, 2.45) is 23.2 Å². The van der Waals surface area contributed by atoms with Crippen molar-refractivity contribution in [3.05, 3.63) is 48.2 Å². The van der Waals surface area contributed by atoms with Gasteiger partial charge in [0.25, 0.3) is 0 Å². The molecular weight excluding hydrogens is 711 g/mol. The van der Waals surface area contributed by atoms with Crippen molar-refractivity contribution in [2.75, 3.05) is 20.3 Å². The summed E-state index contributed by atoms with van der Waals surface area (Å²) in [6, 6.07) is 4.82. The van der Waals surface area contributed by atoms with E-state index in [1.807, 2.05) is 43.4 Å². The number of amides is 2. The first-order valence-electron chi connectivity index (χ1n) is 19.5. The van der Waals surface area contributed by atoms with E-state index in [0.717, 1.165) is 48.4 Å². The predicted octanol–water partition coefficient (Wildman–Crippen LogP) is 5.68. The van der Waals surface area contributed by atoms with Crippen LogP contribution in [0.4, 0.5) is 0 Å². The molecule has 1 saturated heterocycles. The van der Waals surface area contributed by atoms with Gasteiger partial charge in [-0.3, -0.25) is 23.9 Å². The highest BCUT2D eigenvalue weighted by atomic mass is 32.2. The summed E-state index contributed by atoms with van der Waals surface area (Å²) < 4.78 is 46.0. The number of nitrogens with one attached hydrogen (secondary N) is 1. The number of ketones is 1. The minimum Gasteiger partial charge on any atom is -0.496 e. The van der Waals surface area contributed by atoms with Crippen LogP contribution in [0.5, 0.6) is 11.6 Å². The third-order valence-corrected chi connectivity index (χ3v) is 13.6. The number of carbonyl (C=O) groups is 4. The van der Waals surface area contributed by atoms with Gasteiger partial charge in [-0.25, -0.2) is 13.4 Å². The molecule has 1 N–H and O–H groups in total. The van der Waals surface area contributed by atoms with Gasteiger partial charge >= 0.3 is 5.97 Å². The molecule has 290 valence electrons. The topological polar surface area (TPSA) is 158 Å². The summed E-state index contributed by atoms with van der Waals surface area (Å²) in [7, 11) is -2.22. The monoisotopic (exact) mass is 761 g/mol. The zero-order chi connectivity index (χ0) is 38.0. The van der Waals surface area contributed by atoms with Crippen molar-refractivity contribution >= 4 is 50.4 Å². The molecule has 54 heavy (non-hydrogen) atoms. The van der Waals surface area contributed by atoms with E-state index in [-0.39, 0.29) is 55.9 Å². The lowest BCUT2D eigenvalue weighted by atomic mass is 9.90. The predicted molar refractivity (Wildman–Crippen MR) is 202 cm³/mol. The highest BCUT2D eigenvalue weighted by molar-refractivity contribution is 7.90. The van der Waals surface area contributed by atoms with Gasteiger partial charge in [-0.1, -0.05) is 44.1 Å². The summed E-state index contributed by atoms with van der Waals surface area (Å²) in [5, 5.41) is 1.02. The number of pyridine rings is 1. The number of allylic oxidation sites excluding steroid dienone is 3. The molecule has 0 unspecified atom stereocenters. The normalized spacial score (nSPS) is 31.1. The Labute approximate surface area is 317 Å². The molecule has 2 aromatic rings. The number of aromatic nitrogens is 1. The first-order valence-corrected chi connectivity index (χ1v) is 21.0. The smallest absolute Gasteiger partial charge is 0.306 e. The Morgan fingerprint density at radius 1 is 1.06 bits per heavy atom. The average molecular weight is 762 g/mol. The molecule has 2 amide bonds. The Morgan fingerprint density at radius 3 is 2.69 bits per heavy atom. The van der Waals surface area contributed by atoms with Crippen molar-refractivity contribution < 1.29 is 41.8 Å². The number of nitrogens with zero attached hydrogens (tertiary/aromatic N) is 2. The van der Waals surface area contributed by atoms with Crippen molar-refractivity contribution in [1.82, 2.24) is 14.6 Å². The lowest BCUT2D eigenvalue weighted by molar-refractivity contribution is -0.151. The summed E-state index contributed by atoms with van der Waals surface area (Å²) in [4.78, 5) is 62.3. The van der Waals surface area contributed by atoms with Gasteiger partial charge in [0.1, 0.15) is 11.9 Å². The summed E-state index contributed by atoms with van der Waals surface area (Å²) in [6.07, 6.45) is 15.4. The number of hydrogen-bond donors (Lipinski definition) is 1. The van der Waals surface area contributed by atoms with E-state index in [0.29, 0.717) is 43.7 Å². The Morgan fingerprint density at radius 2 is 1.89 bits per heavy atom. The number of esters is 1. The van der Waals surface area contributed by atoms with Crippen LogP contribution in [0.1, 0.15) is 96.0 Å². The Bertz CT molecular complexity index is 1960. The standard InChI is InChI=1S/C41H51N3O9S/c1-26-10-8-9-11-28-18-33-27(19-36(28)51-2)16-17-42-38(33)53-31-21-34-35(45)23-41(40(48)43-54(49,50)32-14-15-32)22-30(41)13-7-5-3-4-6-12-29(20-37(46)52-25-26)39(47)44(34)24-31/h7,9,11,13,16-19,26,29-32,34H,3-6,8,10,12,14-15,20-25H2,1-2H3,(H,43,48)/b11-9+,13-7-/t26-,29-,30-,31-,34+,41-/m1/s1. The van der Waals surface area contributed by atoms with Gasteiger partial charge in [-0.2, -0.15) is 0 Å². The maximum absolute atomic E-state index is 14.6. The number of cyclic esters (lactones) is 1. The van der Waals surface area contributed by atoms with E-state index in [4.69, 9.17) is 14.2 Å². The molecule has 6 atom stereocenters. The number of carbonyl (C=O) groups excluding carboxylic acids is 4. The Hall–Kier alpha value is -4.26. The van der Waals surface area contributed by atoms with E-state index < -0.39 is 50.6 Å². The quantitative estimate of drug-likeness (QED) is 0.304. The largest absolute Gasteiger partial charge is 0.496 e. The van der Waals surface area contributed by atoms with Gasteiger partial charge in [0.2, 0.25) is 27.7 Å². The molecule has 0 radical (unpaired) electrons. The molecular formula is C41H51N3O9S. The zero-order valence-electron chi connectivity index (χ0n) is 31.2. The second-order valence-corrected chi connectivity index (χ2v) is 17.9. The van der Waals surface area contributed by atoms with E-state index >= 15 is 0 Å². The van der Waals surface area contributed by atoms with E-state index in [1.165, 1.54) is 4.90 Å². The number of Topliss-reactive ketones (excluding diaryl/α,β-unsaturated/α-hetero) is 1. The van der Waals surface area contributed by atoms with Gasteiger partial charge in [0.05, 0.1) is 43.4 Å². The fraction of sp³-hybridized carbons (Fsp3) is 0.585. The minimum absolute atomic E-state index is 0.0807. The second-order valence-electron chi connectivity index (χ2n) is 15.9. The van der Waals surface area contributed by atoms with Gasteiger partial charge in [-0.15, -0.1) is 0 Å². The van der Waals surface area contributed by atoms with Crippen LogP contribution in [-0.2, 0) is 33.9 Å². The molecule has 13 heteroatoms. The number of fused-ring (bicyclic) bond motifs is 4. The molecule has 5 aliphatic rings. The molecule has 1 aromatic heterocycles. The van der Waals surface area contributed by atoms with Crippen molar-refractivity contribution in [2.45, 2.75) is 108 Å². The fourth-order valence-corrected chi connectivity index (χ4v) is 9.62. The second kappa shape index (κ2) is 15.8. The Balaban J connectivity index is 1.24. The number of benzene rings is 1. The molecule has 2 saturated carbocycles. The molecule has 2 aliphatic carbocycles. The van der Waals surface area contributed by atoms with Gasteiger partial charge in [0.15, 0.2) is 5.78 Å². The van der Waals surface area contributed by atoms with Crippen LogP contribution < -0.4 is 14.2 Å². The minimum atomic E-state index is -3.84. The number of rotatable bonds is 4. The van der Waals surface area contributed by atoms with E-state index in [2.05, 4.69) is 15.8 Å². The summed E-state index contributed by atoms with van der Waals surface area (Å²) in [5.74, 6) is -1.62. The first-order chi connectivity index (χ1) is 26.0. The maximum atomic E-state index is 14.6. The van der Waals surface area contributed by atoms with Crippen LogP contribution in [0.2, 0.25) is 0 Å². The number of methoxy groups -OCH3 is 1. The third kappa shape index (κ3) is 8.35.